The number of esters is 2. The third-order valence-corrected chi connectivity index (χ3v) is 13.2. The Labute approximate surface area is 378 Å². The first-order valence-corrected chi connectivity index (χ1v) is 28.3. The molecule has 1 N–H and O–H groups in total. The molecule has 0 rings (SSSR count). The van der Waals surface area contributed by atoms with E-state index in [1.165, 1.54) is 225 Å². The third-order valence-electron chi connectivity index (χ3n) is 12.2. The van der Waals surface area contributed by atoms with E-state index in [2.05, 4.69) is 13.8 Å². The fraction of sp³-hybridized carbons (Fsp3) is 0.962. The summed E-state index contributed by atoms with van der Waals surface area (Å²) in [5.74, 6) is -0.773. The van der Waals surface area contributed by atoms with Crippen molar-refractivity contribution in [2.75, 3.05) is 19.8 Å². The zero-order valence-corrected chi connectivity index (χ0v) is 41.8. The van der Waals surface area contributed by atoms with Crippen molar-refractivity contribution in [3.63, 3.8) is 0 Å². The Kier molecular flexibility index (Phi) is 47.7. The molecule has 0 amide bonds. The Balaban J connectivity index is 3.89. The van der Waals surface area contributed by atoms with E-state index in [9.17, 15) is 19.0 Å². The molecule has 0 aliphatic rings. The lowest BCUT2D eigenvalue weighted by molar-refractivity contribution is -0.161. The van der Waals surface area contributed by atoms with Gasteiger partial charge in [-0.15, -0.1) is 0 Å². The highest BCUT2D eigenvalue weighted by atomic mass is 31.2. The average Bonchev–Trinajstić information content (AvgIpc) is 3.24. The van der Waals surface area contributed by atoms with Crippen LogP contribution in [0.1, 0.15) is 297 Å². The van der Waals surface area contributed by atoms with E-state index < -0.39 is 19.9 Å². The first kappa shape index (κ1) is 60.1. The van der Waals surface area contributed by atoms with Crippen LogP contribution >= 0.6 is 7.82 Å². The monoisotopic (exact) mass is 887 g/mol. The molecule has 0 aromatic rings. The molecule has 2 unspecified atom stereocenters. The molecular formula is C52H103O8P. The van der Waals surface area contributed by atoms with Crippen LogP contribution in [0, 0.1) is 0 Å². The van der Waals surface area contributed by atoms with Gasteiger partial charge in [0.15, 0.2) is 6.10 Å². The Bertz CT molecular complexity index is 962. The van der Waals surface area contributed by atoms with Gasteiger partial charge in [0.25, 0.3) is 0 Å². The minimum absolute atomic E-state index is 0.00612. The number of unbranched alkanes of at least 4 members (excludes halogenated alkanes) is 39. The van der Waals surface area contributed by atoms with Crippen molar-refractivity contribution >= 4 is 19.8 Å². The molecule has 0 bridgehead atoms. The van der Waals surface area contributed by atoms with Gasteiger partial charge in [0, 0.05) is 12.8 Å². The van der Waals surface area contributed by atoms with Crippen LogP contribution in [0.5, 0.6) is 0 Å². The van der Waals surface area contributed by atoms with Gasteiger partial charge in [-0.2, -0.15) is 0 Å². The van der Waals surface area contributed by atoms with Crippen LogP contribution in [0.2, 0.25) is 0 Å². The molecule has 0 aliphatic carbocycles. The Morgan fingerprint density at radius 3 is 0.918 bits per heavy atom. The lowest BCUT2D eigenvalue weighted by Gasteiger charge is -2.19. The molecule has 0 radical (unpaired) electrons. The molecule has 0 saturated heterocycles. The minimum atomic E-state index is -4.28. The standard InChI is InChI=1S/C52H103O8P/c1-4-7-9-11-13-15-17-19-21-23-25-27-29-31-33-35-37-39-41-43-45-47-52(54)60-50(49-59-61(55,56)58-6-3)48-57-51(53)46-44-42-40-38-36-34-32-30-28-26-24-22-20-18-16-14-12-10-8-5-2/h50H,4-49H2,1-3H3,(H,55,56). The molecule has 0 aliphatic heterocycles. The van der Waals surface area contributed by atoms with Gasteiger partial charge in [-0.3, -0.25) is 18.6 Å². The van der Waals surface area contributed by atoms with Crippen molar-refractivity contribution in [3.05, 3.63) is 0 Å². The fourth-order valence-electron chi connectivity index (χ4n) is 8.22. The molecule has 2 atom stereocenters. The summed E-state index contributed by atoms with van der Waals surface area (Å²) in [4.78, 5) is 35.0. The van der Waals surface area contributed by atoms with Gasteiger partial charge in [-0.25, -0.2) is 4.57 Å². The molecule has 0 aromatic carbocycles. The predicted molar refractivity (Wildman–Crippen MR) is 258 cm³/mol. The molecule has 0 fully saturated rings. The normalized spacial score (nSPS) is 13.0. The zero-order chi connectivity index (χ0) is 44.6. The smallest absolute Gasteiger partial charge is 0.462 e. The van der Waals surface area contributed by atoms with Crippen molar-refractivity contribution in [2.24, 2.45) is 0 Å². The average molecular weight is 887 g/mol. The van der Waals surface area contributed by atoms with Gasteiger partial charge in [0.1, 0.15) is 6.61 Å². The van der Waals surface area contributed by atoms with E-state index >= 15 is 0 Å². The fourth-order valence-corrected chi connectivity index (χ4v) is 8.98. The van der Waals surface area contributed by atoms with Crippen LogP contribution in [-0.2, 0) is 32.7 Å². The molecule has 0 saturated carbocycles. The summed E-state index contributed by atoms with van der Waals surface area (Å²) in [5.41, 5.74) is 0. The topological polar surface area (TPSA) is 108 Å². The Morgan fingerprint density at radius 1 is 0.377 bits per heavy atom. The highest BCUT2D eigenvalue weighted by Gasteiger charge is 2.25. The second-order valence-electron chi connectivity index (χ2n) is 18.3. The number of hydrogen-bond acceptors (Lipinski definition) is 7. The lowest BCUT2D eigenvalue weighted by Crippen LogP contribution is -2.29. The number of carbonyl (C=O) groups excluding carboxylic acids is 2. The minimum Gasteiger partial charge on any atom is -0.462 e. The second-order valence-corrected chi connectivity index (χ2v) is 19.7. The van der Waals surface area contributed by atoms with Crippen molar-refractivity contribution in [1.29, 1.82) is 0 Å². The third kappa shape index (κ3) is 48.3. The first-order chi connectivity index (χ1) is 29.8. The summed E-state index contributed by atoms with van der Waals surface area (Å²) >= 11 is 0. The van der Waals surface area contributed by atoms with Crippen LogP contribution in [0.15, 0.2) is 0 Å². The van der Waals surface area contributed by atoms with Crippen LogP contribution < -0.4 is 0 Å². The van der Waals surface area contributed by atoms with Gasteiger partial charge in [0.2, 0.25) is 0 Å². The highest BCUT2D eigenvalue weighted by Crippen LogP contribution is 2.43. The second kappa shape index (κ2) is 48.5. The van der Waals surface area contributed by atoms with Crippen molar-refractivity contribution in [2.45, 2.75) is 303 Å². The van der Waals surface area contributed by atoms with Gasteiger partial charge in [0.05, 0.1) is 13.2 Å². The van der Waals surface area contributed by atoms with Gasteiger partial charge < -0.3 is 14.4 Å². The van der Waals surface area contributed by atoms with Gasteiger partial charge >= 0.3 is 19.8 Å². The van der Waals surface area contributed by atoms with Crippen LogP contribution in [-0.4, -0.2) is 42.8 Å². The maximum absolute atomic E-state index is 12.6. The van der Waals surface area contributed by atoms with Gasteiger partial charge in [-0.05, 0) is 19.8 Å². The maximum Gasteiger partial charge on any atom is 0.472 e. The Hall–Kier alpha value is -0.950. The zero-order valence-electron chi connectivity index (χ0n) is 40.9. The van der Waals surface area contributed by atoms with Crippen molar-refractivity contribution in [1.82, 2.24) is 0 Å². The molecule has 8 nitrogen and oxygen atoms in total. The molecule has 9 heteroatoms. The number of phosphoric ester groups is 1. The lowest BCUT2D eigenvalue weighted by atomic mass is 10.0. The highest BCUT2D eigenvalue weighted by molar-refractivity contribution is 7.47. The van der Waals surface area contributed by atoms with E-state index in [1.807, 2.05) is 0 Å². The molecule has 61 heavy (non-hydrogen) atoms. The summed E-state index contributed by atoms with van der Waals surface area (Å²) in [5, 5.41) is 0. The summed E-state index contributed by atoms with van der Waals surface area (Å²) < 4.78 is 32.9. The van der Waals surface area contributed by atoms with Crippen LogP contribution in [0.25, 0.3) is 0 Å². The van der Waals surface area contributed by atoms with E-state index in [0.29, 0.717) is 6.42 Å². The van der Waals surface area contributed by atoms with E-state index in [0.717, 1.165) is 38.5 Å². The largest absolute Gasteiger partial charge is 0.472 e. The maximum atomic E-state index is 12.6. The summed E-state index contributed by atoms with van der Waals surface area (Å²) in [7, 11) is -4.28. The molecule has 0 aromatic heterocycles. The van der Waals surface area contributed by atoms with Crippen molar-refractivity contribution < 1.29 is 37.6 Å². The number of hydrogen-bond donors (Lipinski definition) is 1. The van der Waals surface area contributed by atoms with E-state index in [-0.39, 0.29) is 32.2 Å². The SMILES string of the molecule is CCCCCCCCCCCCCCCCCCCCCCCC(=O)OC(COC(=O)CCCCCCCCCCCCCCCCCCCCCC)COP(=O)(O)OCC. The number of phosphoric acid groups is 1. The van der Waals surface area contributed by atoms with Crippen LogP contribution in [0.4, 0.5) is 0 Å². The number of rotatable bonds is 51. The first-order valence-electron chi connectivity index (χ1n) is 26.8. The summed E-state index contributed by atoms with van der Waals surface area (Å²) in [6.45, 7) is 5.56. The molecule has 0 spiro atoms. The number of carbonyl (C=O) groups is 2. The van der Waals surface area contributed by atoms with Crippen molar-refractivity contribution in [3.8, 4) is 0 Å². The summed E-state index contributed by atoms with van der Waals surface area (Å²) in [6.07, 6.45) is 53.1. The number of ether oxygens (including phenoxy) is 2. The van der Waals surface area contributed by atoms with E-state index in [4.69, 9.17) is 18.5 Å². The van der Waals surface area contributed by atoms with Crippen LogP contribution in [0.3, 0.4) is 0 Å². The molecule has 0 heterocycles. The quantitative estimate of drug-likeness (QED) is 0.0365. The Morgan fingerprint density at radius 2 is 0.639 bits per heavy atom. The predicted octanol–water partition coefficient (Wildman–Crippen LogP) is 17.4. The summed E-state index contributed by atoms with van der Waals surface area (Å²) in [6, 6.07) is 0. The van der Waals surface area contributed by atoms with E-state index in [1.54, 1.807) is 6.92 Å². The molecular weight excluding hydrogens is 784 g/mol. The molecule has 364 valence electrons. The van der Waals surface area contributed by atoms with Gasteiger partial charge in [-0.1, -0.05) is 264 Å².